The van der Waals surface area contributed by atoms with E-state index in [-0.39, 0.29) is 0 Å². The first-order chi connectivity index (χ1) is 12.1. The summed E-state index contributed by atoms with van der Waals surface area (Å²) in [4.78, 5) is 4.59. The van der Waals surface area contributed by atoms with Crippen LogP contribution in [0.4, 0.5) is 5.69 Å². The highest BCUT2D eigenvalue weighted by Crippen LogP contribution is 2.20. The molecule has 0 heterocycles. The van der Waals surface area contributed by atoms with Crippen molar-refractivity contribution >= 4 is 23.5 Å². The van der Waals surface area contributed by atoms with Crippen LogP contribution >= 0.6 is 11.6 Å². The third-order valence-corrected chi connectivity index (χ3v) is 4.09. The van der Waals surface area contributed by atoms with Gasteiger partial charge in [0.1, 0.15) is 12.4 Å². The van der Waals surface area contributed by atoms with Crippen molar-refractivity contribution in [3.05, 3.63) is 94.0 Å². The minimum absolute atomic E-state index is 0.484. The normalized spacial score (nSPS) is 11.0. The molecule has 0 atom stereocenters. The van der Waals surface area contributed by atoms with Crippen LogP contribution in [-0.2, 0) is 6.61 Å². The van der Waals surface area contributed by atoms with Crippen molar-refractivity contribution in [2.45, 2.75) is 20.5 Å². The minimum Gasteiger partial charge on any atom is -0.489 e. The third kappa shape index (κ3) is 4.94. The van der Waals surface area contributed by atoms with Crippen LogP contribution in [0.5, 0.6) is 5.75 Å². The topological polar surface area (TPSA) is 21.6 Å². The summed E-state index contributed by atoms with van der Waals surface area (Å²) in [5.74, 6) is 0.810. The molecule has 0 aliphatic rings. The lowest BCUT2D eigenvalue weighted by Crippen LogP contribution is -1.95. The molecular formula is C22H20ClNO. The van der Waals surface area contributed by atoms with Crippen LogP contribution in [0.1, 0.15) is 22.3 Å². The van der Waals surface area contributed by atoms with Gasteiger partial charge in [-0.25, -0.2) is 0 Å². The van der Waals surface area contributed by atoms with Crippen LogP contribution < -0.4 is 4.74 Å². The second-order valence-corrected chi connectivity index (χ2v) is 6.48. The molecule has 3 aromatic rings. The lowest BCUT2D eigenvalue weighted by Gasteiger charge is -2.07. The zero-order chi connectivity index (χ0) is 17.6. The van der Waals surface area contributed by atoms with Crippen LogP contribution in [0.25, 0.3) is 0 Å². The van der Waals surface area contributed by atoms with Crippen molar-refractivity contribution in [3.63, 3.8) is 0 Å². The van der Waals surface area contributed by atoms with E-state index >= 15 is 0 Å². The Balaban J connectivity index is 1.69. The largest absolute Gasteiger partial charge is 0.489 e. The van der Waals surface area contributed by atoms with Gasteiger partial charge in [0.05, 0.1) is 5.69 Å². The zero-order valence-corrected chi connectivity index (χ0v) is 15.1. The number of nitrogens with zero attached hydrogens (tertiary/aromatic N) is 1. The van der Waals surface area contributed by atoms with E-state index < -0.39 is 0 Å². The molecule has 0 fully saturated rings. The van der Waals surface area contributed by atoms with E-state index in [9.17, 15) is 0 Å². The number of hydrogen-bond acceptors (Lipinski definition) is 2. The molecule has 0 radical (unpaired) electrons. The van der Waals surface area contributed by atoms with E-state index in [1.165, 1.54) is 11.1 Å². The molecule has 0 aliphatic carbocycles. The first-order valence-corrected chi connectivity index (χ1v) is 8.56. The minimum atomic E-state index is 0.484. The fourth-order valence-corrected chi connectivity index (χ4v) is 2.79. The standard InChI is InChI=1S/C22H20ClNO/c1-16-9-10-22(17(2)11-16)24-14-18-5-4-8-21(13-18)25-15-19-6-3-7-20(23)12-19/h3-14H,15H2,1-2H3. The average Bonchev–Trinajstić information content (AvgIpc) is 2.60. The number of ether oxygens (including phenoxy) is 1. The highest BCUT2D eigenvalue weighted by molar-refractivity contribution is 6.30. The molecule has 25 heavy (non-hydrogen) atoms. The molecular weight excluding hydrogens is 330 g/mol. The third-order valence-electron chi connectivity index (χ3n) is 3.86. The number of hydrogen-bond donors (Lipinski definition) is 0. The first kappa shape index (κ1) is 17.2. The van der Waals surface area contributed by atoms with Gasteiger partial charge in [-0.2, -0.15) is 0 Å². The summed E-state index contributed by atoms with van der Waals surface area (Å²) in [6.07, 6.45) is 1.86. The summed E-state index contributed by atoms with van der Waals surface area (Å²) >= 11 is 6.00. The molecule has 0 aliphatic heterocycles. The summed E-state index contributed by atoms with van der Waals surface area (Å²) in [6.45, 7) is 4.64. The molecule has 0 aromatic heterocycles. The molecule has 126 valence electrons. The smallest absolute Gasteiger partial charge is 0.120 e. The Morgan fingerprint density at radius 2 is 1.80 bits per heavy atom. The Kier molecular flexibility index (Phi) is 5.52. The van der Waals surface area contributed by atoms with Gasteiger partial charge >= 0.3 is 0 Å². The highest BCUT2D eigenvalue weighted by Gasteiger charge is 1.99. The van der Waals surface area contributed by atoms with Crippen molar-refractivity contribution < 1.29 is 4.74 Å². The van der Waals surface area contributed by atoms with Crippen molar-refractivity contribution in [1.29, 1.82) is 0 Å². The second-order valence-electron chi connectivity index (χ2n) is 6.04. The van der Waals surface area contributed by atoms with Crippen LogP contribution in [0.3, 0.4) is 0 Å². The predicted molar refractivity (Wildman–Crippen MR) is 105 cm³/mol. The van der Waals surface area contributed by atoms with Gasteiger partial charge in [0.2, 0.25) is 0 Å². The van der Waals surface area contributed by atoms with Gasteiger partial charge in [-0.15, -0.1) is 0 Å². The lowest BCUT2D eigenvalue weighted by molar-refractivity contribution is 0.306. The summed E-state index contributed by atoms with van der Waals surface area (Å²) in [5, 5.41) is 0.718. The monoisotopic (exact) mass is 349 g/mol. The Bertz CT molecular complexity index is 902. The first-order valence-electron chi connectivity index (χ1n) is 8.19. The number of benzene rings is 3. The SMILES string of the molecule is Cc1ccc(N=Cc2cccc(OCc3cccc(Cl)c3)c2)c(C)c1. The Morgan fingerprint density at radius 1 is 0.960 bits per heavy atom. The molecule has 0 saturated carbocycles. The number of aliphatic imine (C=N–C) groups is 1. The number of rotatable bonds is 5. The summed E-state index contributed by atoms with van der Waals surface area (Å²) in [6, 6.07) is 21.8. The Labute approximate surface area is 153 Å². The van der Waals surface area contributed by atoms with Gasteiger partial charge in [0.15, 0.2) is 0 Å². The summed E-state index contributed by atoms with van der Waals surface area (Å²) < 4.78 is 5.86. The van der Waals surface area contributed by atoms with Gasteiger partial charge in [-0.3, -0.25) is 4.99 Å². The lowest BCUT2D eigenvalue weighted by atomic mass is 10.1. The van der Waals surface area contributed by atoms with Crippen molar-refractivity contribution in [2.75, 3.05) is 0 Å². The molecule has 0 bridgehead atoms. The number of aryl methyl sites for hydroxylation is 2. The quantitative estimate of drug-likeness (QED) is 0.496. The predicted octanol–water partition coefficient (Wildman–Crippen LogP) is 6.29. The molecule has 2 nitrogen and oxygen atoms in total. The molecule has 3 rings (SSSR count). The maximum atomic E-state index is 6.00. The second kappa shape index (κ2) is 8.00. The van der Waals surface area contributed by atoms with Crippen LogP contribution in [0.15, 0.2) is 71.7 Å². The Hall–Kier alpha value is -2.58. The van der Waals surface area contributed by atoms with E-state index in [0.29, 0.717) is 6.61 Å². The molecule has 0 spiro atoms. The van der Waals surface area contributed by atoms with Crippen LogP contribution in [0, 0.1) is 13.8 Å². The maximum absolute atomic E-state index is 6.00. The molecule has 0 saturated heterocycles. The zero-order valence-electron chi connectivity index (χ0n) is 14.4. The number of halogens is 1. The summed E-state index contributed by atoms with van der Waals surface area (Å²) in [5.41, 5.74) is 5.44. The fraction of sp³-hybridized carbons (Fsp3) is 0.136. The van der Waals surface area contributed by atoms with Crippen LogP contribution in [0.2, 0.25) is 5.02 Å². The molecule has 0 amide bonds. The Morgan fingerprint density at radius 3 is 2.60 bits per heavy atom. The average molecular weight is 350 g/mol. The van der Waals surface area contributed by atoms with Crippen molar-refractivity contribution in [2.24, 2.45) is 4.99 Å². The van der Waals surface area contributed by atoms with Crippen molar-refractivity contribution in [3.8, 4) is 5.75 Å². The fourth-order valence-electron chi connectivity index (χ4n) is 2.57. The molecule has 3 heteroatoms. The molecule has 3 aromatic carbocycles. The van der Waals surface area contributed by atoms with E-state index in [2.05, 4.69) is 31.0 Å². The summed E-state index contributed by atoms with van der Waals surface area (Å²) in [7, 11) is 0. The maximum Gasteiger partial charge on any atom is 0.120 e. The van der Waals surface area contributed by atoms with Gasteiger partial charge in [0.25, 0.3) is 0 Å². The van der Waals surface area contributed by atoms with E-state index in [4.69, 9.17) is 16.3 Å². The highest BCUT2D eigenvalue weighted by atomic mass is 35.5. The van der Waals surface area contributed by atoms with Gasteiger partial charge in [0, 0.05) is 11.2 Å². The van der Waals surface area contributed by atoms with Gasteiger partial charge in [-0.05, 0) is 60.9 Å². The van der Waals surface area contributed by atoms with Gasteiger partial charge < -0.3 is 4.74 Å². The van der Waals surface area contributed by atoms with Crippen LogP contribution in [-0.4, -0.2) is 6.21 Å². The van der Waals surface area contributed by atoms with E-state index in [1.54, 1.807) is 0 Å². The van der Waals surface area contributed by atoms with Gasteiger partial charge in [-0.1, -0.05) is 53.6 Å². The van der Waals surface area contributed by atoms with E-state index in [0.717, 1.165) is 27.6 Å². The van der Waals surface area contributed by atoms with Crippen molar-refractivity contribution in [1.82, 2.24) is 0 Å². The molecule has 0 unspecified atom stereocenters. The van der Waals surface area contributed by atoms with E-state index in [1.807, 2.05) is 60.8 Å². The molecule has 0 N–H and O–H groups in total.